The van der Waals surface area contributed by atoms with Crippen LogP contribution in [0.25, 0.3) is 37.8 Å². The van der Waals surface area contributed by atoms with E-state index in [4.69, 9.17) is 4.98 Å². The number of fused-ring (bicyclic) bond motifs is 2. The minimum atomic E-state index is 0.930. The van der Waals surface area contributed by atoms with Crippen LogP contribution in [0, 0.1) is 6.92 Å². The first kappa shape index (κ1) is 13.8. The van der Waals surface area contributed by atoms with E-state index in [2.05, 4.69) is 44.1 Å². The molecular formula is C18H12N4S2. The van der Waals surface area contributed by atoms with Gasteiger partial charge in [-0.05, 0) is 31.2 Å². The van der Waals surface area contributed by atoms with E-state index in [1.54, 1.807) is 22.7 Å². The Labute approximate surface area is 146 Å². The normalized spacial score (nSPS) is 11.5. The van der Waals surface area contributed by atoms with Crippen LogP contribution in [0.3, 0.4) is 0 Å². The van der Waals surface area contributed by atoms with Crippen molar-refractivity contribution in [1.82, 2.24) is 19.4 Å². The zero-order valence-corrected chi connectivity index (χ0v) is 14.4. The Bertz CT molecular complexity index is 1180. The van der Waals surface area contributed by atoms with Crippen LogP contribution in [0.2, 0.25) is 0 Å². The lowest BCUT2D eigenvalue weighted by Gasteiger charge is -2.04. The van der Waals surface area contributed by atoms with Gasteiger partial charge in [0.1, 0.15) is 16.3 Å². The van der Waals surface area contributed by atoms with Crippen LogP contribution in [0.4, 0.5) is 0 Å². The summed E-state index contributed by atoms with van der Waals surface area (Å²) < 4.78 is 3.31. The van der Waals surface area contributed by atoms with E-state index in [1.165, 1.54) is 4.70 Å². The molecule has 0 saturated heterocycles. The summed E-state index contributed by atoms with van der Waals surface area (Å²) >= 11 is 3.29. The standard InChI is InChI=1S/C18H12N4S2/c1-11-9-23-18(20-11)16-17(22-7-3-2-4-15(22)21-16)12-5-6-13-14(8-12)24-10-19-13/h2-10H,1H3. The van der Waals surface area contributed by atoms with Crippen LogP contribution in [-0.2, 0) is 0 Å². The maximum absolute atomic E-state index is 4.84. The Morgan fingerprint density at radius 2 is 2.00 bits per heavy atom. The minimum Gasteiger partial charge on any atom is -0.299 e. The maximum atomic E-state index is 4.84. The highest BCUT2D eigenvalue weighted by molar-refractivity contribution is 7.16. The van der Waals surface area contributed by atoms with E-state index in [0.717, 1.165) is 38.8 Å². The van der Waals surface area contributed by atoms with Crippen LogP contribution in [0.5, 0.6) is 0 Å². The molecule has 4 nitrogen and oxygen atoms in total. The first-order valence-electron chi connectivity index (χ1n) is 7.53. The molecule has 0 bridgehead atoms. The van der Waals surface area contributed by atoms with Gasteiger partial charge in [0, 0.05) is 22.8 Å². The van der Waals surface area contributed by atoms with Crippen LogP contribution < -0.4 is 0 Å². The summed E-state index contributed by atoms with van der Waals surface area (Å²) in [7, 11) is 0. The summed E-state index contributed by atoms with van der Waals surface area (Å²) in [6.45, 7) is 2.01. The van der Waals surface area contributed by atoms with E-state index in [9.17, 15) is 0 Å². The van der Waals surface area contributed by atoms with Crippen LogP contribution >= 0.6 is 22.7 Å². The first-order valence-corrected chi connectivity index (χ1v) is 9.29. The molecule has 0 fully saturated rings. The van der Waals surface area contributed by atoms with Gasteiger partial charge in [0.25, 0.3) is 0 Å². The van der Waals surface area contributed by atoms with Crippen LogP contribution in [-0.4, -0.2) is 19.4 Å². The van der Waals surface area contributed by atoms with Crippen LogP contribution in [0.15, 0.2) is 53.5 Å². The molecule has 0 aliphatic rings. The summed E-state index contributed by atoms with van der Waals surface area (Å²) in [5.74, 6) is 0. The molecule has 6 heteroatoms. The molecule has 24 heavy (non-hydrogen) atoms. The third-order valence-corrected chi connectivity index (χ3v) is 5.71. The van der Waals surface area contributed by atoms with Crippen molar-refractivity contribution < 1.29 is 0 Å². The smallest absolute Gasteiger partial charge is 0.144 e. The Morgan fingerprint density at radius 3 is 2.88 bits per heavy atom. The molecule has 0 aliphatic heterocycles. The third kappa shape index (κ3) is 2.07. The topological polar surface area (TPSA) is 43.1 Å². The molecule has 1 aromatic carbocycles. The highest BCUT2D eigenvalue weighted by Crippen LogP contribution is 2.35. The molecule has 0 saturated carbocycles. The van der Waals surface area contributed by atoms with Crippen molar-refractivity contribution in [3.63, 3.8) is 0 Å². The number of aromatic nitrogens is 4. The van der Waals surface area contributed by atoms with Crippen molar-refractivity contribution in [2.24, 2.45) is 0 Å². The number of nitrogens with zero attached hydrogens (tertiary/aromatic N) is 4. The number of imidazole rings is 1. The van der Waals surface area contributed by atoms with Gasteiger partial charge in [0.2, 0.25) is 0 Å². The van der Waals surface area contributed by atoms with Crippen molar-refractivity contribution in [3.05, 3.63) is 59.2 Å². The molecule has 4 heterocycles. The largest absolute Gasteiger partial charge is 0.299 e. The Hall–Kier alpha value is -2.57. The predicted molar refractivity (Wildman–Crippen MR) is 99.7 cm³/mol. The second kappa shape index (κ2) is 5.22. The molecule has 0 radical (unpaired) electrons. The van der Waals surface area contributed by atoms with Gasteiger partial charge >= 0.3 is 0 Å². The molecule has 0 unspecified atom stereocenters. The lowest BCUT2D eigenvalue weighted by Crippen LogP contribution is -1.89. The van der Waals surface area contributed by atoms with E-state index < -0.39 is 0 Å². The molecule has 0 aliphatic carbocycles. The summed E-state index contributed by atoms with van der Waals surface area (Å²) in [5, 5.41) is 3.02. The molecule has 0 N–H and O–H groups in total. The molecular weight excluding hydrogens is 336 g/mol. The molecule has 0 spiro atoms. The number of benzene rings is 1. The van der Waals surface area contributed by atoms with Gasteiger partial charge < -0.3 is 0 Å². The number of thiazole rings is 2. The van der Waals surface area contributed by atoms with Gasteiger partial charge in [-0.15, -0.1) is 22.7 Å². The van der Waals surface area contributed by atoms with E-state index in [0.29, 0.717) is 0 Å². The summed E-state index contributed by atoms with van der Waals surface area (Å²) in [6.07, 6.45) is 2.05. The zero-order valence-electron chi connectivity index (χ0n) is 12.8. The van der Waals surface area contributed by atoms with Crippen molar-refractivity contribution in [3.8, 4) is 22.0 Å². The lowest BCUT2D eigenvalue weighted by atomic mass is 10.1. The highest BCUT2D eigenvalue weighted by atomic mass is 32.1. The second-order valence-electron chi connectivity index (χ2n) is 5.57. The SMILES string of the molecule is Cc1csc(-c2nc3ccccn3c2-c2ccc3ncsc3c2)n1. The van der Waals surface area contributed by atoms with Crippen molar-refractivity contribution >= 4 is 38.5 Å². The Balaban J connectivity index is 1.85. The zero-order chi connectivity index (χ0) is 16.1. The molecule has 5 aromatic rings. The highest BCUT2D eigenvalue weighted by Gasteiger charge is 2.18. The number of aryl methyl sites for hydroxylation is 1. The summed E-state index contributed by atoms with van der Waals surface area (Å²) in [4.78, 5) is 13.9. The van der Waals surface area contributed by atoms with E-state index in [-0.39, 0.29) is 0 Å². The number of rotatable bonds is 2. The molecule has 5 rings (SSSR count). The van der Waals surface area contributed by atoms with Crippen molar-refractivity contribution in [2.75, 3.05) is 0 Å². The average molecular weight is 348 g/mol. The van der Waals surface area contributed by atoms with Gasteiger partial charge in [-0.1, -0.05) is 12.1 Å². The fourth-order valence-corrected chi connectivity index (χ4v) is 4.39. The second-order valence-corrected chi connectivity index (χ2v) is 7.31. The third-order valence-electron chi connectivity index (χ3n) is 3.96. The first-order chi connectivity index (χ1) is 11.8. The summed E-state index contributed by atoms with van der Waals surface area (Å²) in [6, 6.07) is 12.4. The van der Waals surface area contributed by atoms with Crippen molar-refractivity contribution in [1.29, 1.82) is 0 Å². The average Bonchev–Trinajstić information content (AvgIpc) is 3.31. The Kier molecular flexibility index (Phi) is 3.01. The van der Waals surface area contributed by atoms with Gasteiger partial charge in [-0.2, -0.15) is 0 Å². The maximum Gasteiger partial charge on any atom is 0.144 e. The van der Waals surface area contributed by atoms with Crippen LogP contribution in [0.1, 0.15) is 5.69 Å². The van der Waals surface area contributed by atoms with Crippen molar-refractivity contribution in [2.45, 2.75) is 6.92 Å². The fourth-order valence-electron chi connectivity index (χ4n) is 2.89. The van der Waals surface area contributed by atoms with Gasteiger partial charge in [-0.25, -0.2) is 15.0 Å². The quantitative estimate of drug-likeness (QED) is 0.449. The van der Waals surface area contributed by atoms with Gasteiger partial charge in [0.15, 0.2) is 0 Å². The van der Waals surface area contributed by atoms with E-state index in [1.807, 2.05) is 30.6 Å². The molecule has 0 atom stereocenters. The summed E-state index contributed by atoms with van der Waals surface area (Å²) in [5.41, 5.74) is 8.01. The van der Waals surface area contributed by atoms with Gasteiger partial charge in [0.05, 0.1) is 21.4 Å². The number of pyridine rings is 1. The fraction of sp³-hybridized carbons (Fsp3) is 0.0556. The Morgan fingerprint density at radius 1 is 1.04 bits per heavy atom. The van der Waals surface area contributed by atoms with E-state index >= 15 is 0 Å². The molecule has 116 valence electrons. The monoisotopic (exact) mass is 348 g/mol. The lowest BCUT2D eigenvalue weighted by molar-refractivity contribution is 1.19. The number of hydrogen-bond acceptors (Lipinski definition) is 5. The predicted octanol–water partition coefficient (Wildman–Crippen LogP) is 5.04. The number of hydrogen-bond donors (Lipinski definition) is 0. The molecule has 0 amide bonds. The molecule has 4 aromatic heterocycles. The van der Waals surface area contributed by atoms with Gasteiger partial charge in [-0.3, -0.25) is 4.40 Å². The minimum absolute atomic E-state index is 0.930.